The Labute approximate surface area is 179 Å². The molecule has 31 heavy (non-hydrogen) atoms. The third-order valence-corrected chi connectivity index (χ3v) is 5.04. The minimum atomic E-state index is -0.956. The Morgan fingerprint density at radius 3 is 2.61 bits per heavy atom. The Balaban J connectivity index is 0.00000112. The van der Waals surface area contributed by atoms with Crippen LogP contribution in [0.5, 0.6) is 0 Å². The summed E-state index contributed by atoms with van der Waals surface area (Å²) < 4.78 is 1.99. The standard InChI is InChI=1S/C22H16N4O3.C2H6/c27-21-17-6-3-14(11-15(17)12-24-21)19-8-7-18(20-23-9-10-26(19)20)25-16-4-1-13(2-5-16)22(28)29;1-2/h1-11,25H,12H2,(H,24,27)(H,28,29);1-2H3. The zero-order valence-electron chi connectivity index (χ0n) is 17.2. The van der Waals surface area contributed by atoms with E-state index in [-0.39, 0.29) is 11.5 Å². The lowest BCUT2D eigenvalue weighted by Gasteiger charge is -2.12. The van der Waals surface area contributed by atoms with E-state index in [1.807, 2.05) is 54.8 Å². The van der Waals surface area contributed by atoms with E-state index in [0.717, 1.165) is 39.4 Å². The molecule has 0 spiro atoms. The first kappa shape index (κ1) is 20.2. The summed E-state index contributed by atoms with van der Waals surface area (Å²) >= 11 is 0. The third-order valence-electron chi connectivity index (χ3n) is 5.04. The molecule has 4 aromatic rings. The maximum atomic E-state index is 11.8. The SMILES string of the molecule is CC.O=C(O)c1ccc(Nc2ccc(-c3ccc4c(c3)CNC4=O)n3ccnc23)cc1. The van der Waals surface area contributed by atoms with Gasteiger partial charge in [0, 0.05) is 30.2 Å². The number of imidazole rings is 1. The molecule has 3 N–H and O–H groups in total. The van der Waals surface area contributed by atoms with E-state index in [9.17, 15) is 9.59 Å². The van der Waals surface area contributed by atoms with Crippen molar-refractivity contribution in [3.8, 4) is 11.3 Å². The van der Waals surface area contributed by atoms with Crippen LogP contribution < -0.4 is 10.6 Å². The van der Waals surface area contributed by atoms with E-state index < -0.39 is 5.97 Å². The van der Waals surface area contributed by atoms with Gasteiger partial charge in [0.05, 0.1) is 16.9 Å². The number of hydrogen-bond acceptors (Lipinski definition) is 4. The molecular formula is C24H22N4O3. The zero-order chi connectivity index (χ0) is 22.0. The first-order valence-electron chi connectivity index (χ1n) is 10.1. The van der Waals surface area contributed by atoms with E-state index >= 15 is 0 Å². The third kappa shape index (κ3) is 3.73. The number of benzene rings is 2. The van der Waals surface area contributed by atoms with Crippen LogP contribution in [0.2, 0.25) is 0 Å². The molecule has 0 radical (unpaired) electrons. The Morgan fingerprint density at radius 1 is 1.10 bits per heavy atom. The van der Waals surface area contributed by atoms with Crippen molar-refractivity contribution >= 4 is 28.9 Å². The van der Waals surface area contributed by atoms with Crippen molar-refractivity contribution in [2.75, 3.05) is 5.32 Å². The number of carbonyl (C=O) groups excluding carboxylic acids is 1. The molecule has 0 aliphatic carbocycles. The lowest BCUT2D eigenvalue weighted by molar-refractivity contribution is 0.0696. The van der Waals surface area contributed by atoms with Gasteiger partial charge in [-0.15, -0.1) is 0 Å². The molecule has 1 aliphatic rings. The minimum Gasteiger partial charge on any atom is -0.478 e. The summed E-state index contributed by atoms with van der Waals surface area (Å²) in [7, 11) is 0. The number of carboxylic acid groups (broad SMARTS) is 1. The molecule has 156 valence electrons. The molecule has 0 saturated heterocycles. The maximum absolute atomic E-state index is 11.8. The molecule has 7 nitrogen and oxygen atoms in total. The Kier molecular flexibility index (Phi) is 5.41. The van der Waals surface area contributed by atoms with Gasteiger partial charge in [-0.2, -0.15) is 0 Å². The Morgan fingerprint density at radius 2 is 1.87 bits per heavy atom. The maximum Gasteiger partial charge on any atom is 0.335 e. The van der Waals surface area contributed by atoms with Gasteiger partial charge in [-0.25, -0.2) is 9.78 Å². The number of fused-ring (bicyclic) bond motifs is 2. The summed E-state index contributed by atoms with van der Waals surface area (Å²) in [4.78, 5) is 27.3. The van der Waals surface area contributed by atoms with Gasteiger partial charge < -0.3 is 15.7 Å². The van der Waals surface area contributed by atoms with Crippen molar-refractivity contribution in [2.45, 2.75) is 20.4 Å². The molecule has 2 aromatic heterocycles. The van der Waals surface area contributed by atoms with Crippen LogP contribution in [0.15, 0.2) is 67.0 Å². The van der Waals surface area contributed by atoms with E-state index in [0.29, 0.717) is 6.54 Å². The van der Waals surface area contributed by atoms with Crippen molar-refractivity contribution in [3.63, 3.8) is 0 Å². The highest BCUT2D eigenvalue weighted by Crippen LogP contribution is 2.29. The highest BCUT2D eigenvalue weighted by Gasteiger charge is 2.19. The van der Waals surface area contributed by atoms with Crippen LogP contribution in [-0.2, 0) is 6.54 Å². The predicted octanol–water partition coefficient (Wildman–Crippen LogP) is 4.71. The average Bonchev–Trinajstić information content (AvgIpc) is 3.43. The van der Waals surface area contributed by atoms with E-state index in [1.54, 1.807) is 30.5 Å². The summed E-state index contributed by atoms with van der Waals surface area (Å²) in [6, 6.07) is 16.3. The van der Waals surface area contributed by atoms with Gasteiger partial charge in [0.15, 0.2) is 5.65 Å². The fourth-order valence-electron chi connectivity index (χ4n) is 3.59. The van der Waals surface area contributed by atoms with Crippen molar-refractivity contribution < 1.29 is 14.7 Å². The number of aromatic nitrogens is 2. The molecule has 1 aliphatic heterocycles. The van der Waals surface area contributed by atoms with Gasteiger partial charge in [0.2, 0.25) is 0 Å². The largest absolute Gasteiger partial charge is 0.478 e. The first-order valence-corrected chi connectivity index (χ1v) is 10.1. The minimum absolute atomic E-state index is 0.0345. The van der Waals surface area contributed by atoms with Crippen LogP contribution >= 0.6 is 0 Å². The van der Waals surface area contributed by atoms with Crippen LogP contribution in [0.3, 0.4) is 0 Å². The normalized spacial score (nSPS) is 12.0. The van der Waals surface area contributed by atoms with Crippen LogP contribution in [-0.4, -0.2) is 26.4 Å². The van der Waals surface area contributed by atoms with Gasteiger partial charge in [-0.3, -0.25) is 9.20 Å². The molecule has 5 rings (SSSR count). The second kappa shape index (κ2) is 8.31. The number of carboxylic acids is 1. The summed E-state index contributed by atoms with van der Waals surface area (Å²) in [6.07, 6.45) is 3.62. The van der Waals surface area contributed by atoms with Crippen LogP contribution in [0.4, 0.5) is 11.4 Å². The molecule has 2 aromatic carbocycles. The number of rotatable bonds is 4. The number of anilines is 2. The van der Waals surface area contributed by atoms with Crippen LogP contribution in [0.1, 0.15) is 40.1 Å². The van der Waals surface area contributed by atoms with E-state index in [2.05, 4.69) is 15.6 Å². The number of aromatic carboxylic acids is 1. The average molecular weight is 414 g/mol. The van der Waals surface area contributed by atoms with E-state index in [1.165, 1.54) is 0 Å². The van der Waals surface area contributed by atoms with Crippen molar-refractivity contribution in [3.05, 3.63) is 83.7 Å². The fourth-order valence-corrected chi connectivity index (χ4v) is 3.59. The number of amides is 1. The summed E-state index contributed by atoms with van der Waals surface area (Å²) in [5.74, 6) is -0.990. The first-order chi connectivity index (χ1) is 15.1. The van der Waals surface area contributed by atoms with Crippen LogP contribution in [0, 0.1) is 0 Å². The Bertz CT molecular complexity index is 1280. The molecule has 3 heterocycles. The van der Waals surface area contributed by atoms with Gasteiger partial charge in [0.1, 0.15) is 0 Å². The molecule has 0 saturated carbocycles. The van der Waals surface area contributed by atoms with Crippen LogP contribution in [0.25, 0.3) is 16.9 Å². The van der Waals surface area contributed by atoms with Gasteiger partial charge in [-0.05, 0) is 59.7 Å². The van der Waals surface area contributed by atoms with Crippen molar-refractivity contribution in [1.82, 2.24) is 14.7 Å². The highest BCUT2D eigenvalue weighted by atomic mass is 16.4. The highest BCUT2D eigenvalue weighted by molar-refractivity contribution is 5.99. The second-order valence-electron chi connectivity index (χ2n) is 6.82. The topological polar surface area (TPSA) is 95.7 Å². The predicted molar refractivity (Wildman–Crippen MR) is 120 cm³/mol. The lowest BCUT2D eigenvalue weighted by Crippen LogP contribution is -2.12. The second-order valence-corrected chi connectivity index (χ2v) is 6.82. The van der Waals surface area contributed by atoms with E-state index in [4.69, 9.17) is 5.11 Å². The zero-order valence-corrected chi connectivity index (χ0v) is 17.2. The summed E-state index contributed by atoms with van der Waals surface area (Å²) in [5, 5.41) is 15.2. The number of pyridine rings is 1. The summed E-state index contributed by atoms with van der Waals surface area (Å²) in [6.45, 7) is 4.54. The molecule has 7 heteroatoms. The number of nitrogens with zero attached hydrogens (tertiary/aromatic N) is 2. The van der Waals surface area contributed by atoms with Crippen molar-refractivity contribution in [1.29, 1.82) is 0 Å². The van der Waals surface area contributed by atoms with Gasteiger partial charge in [0.25, 0.3) is 5.91 Å². The molecule has 1 amide bonds. The monoisotopic (exact) mass is 414 g/mol. The number of carbonyl (C=O) groups is 2. The fraction of sp³-hybridized carbons (Fsp3) is 0.125. The van der Waals surface area contributed by atoms with Gasteiger partial charge >= 0.3 is 5.97 Å². The Hall–Kier alpha value is -4.13. The molecular weight excluding hydrogens is 392 g/mol. The summed E-state index contributed by atoms with van der Waals surface area (Å²) in [5.41, 5.74) is 6.24. The quantitative estimate of drug-likeness (QED) is 0.449. The van der Waals surface area contributed by atoms with Crippen molar-refractivity contribution in [2.24, 2.45) is 0 Å². The molecule has 0 atom stereocenters. The smallest absolute Gasteiger partial charge is 0.335 e. The molecule has 0 unspecified atom stereocenters. The lowest BCUT2D eigenvalue weighted by atomic mass is 10.0. The number of hydrogen-bond donors (Lipinski definition) is 3. The molecule has 0 bridgehead atoms. The molecule has 0 fully saturated rings. The van der Waals surface area contributed by atoms with Gasteiger partial charge in [-0.1, -0.05) is 19.9 Å². The number of nitrogens with one attached hydrogen (secondary N) is 2.